The number of likely N-dealkylation sites (tertiary alicyclic amines) is 1. The van der Waals surface area contributed by atoms with Crippen LogP contribution in [0, 0.1) is 11.8 Å². The highest BCUT2D eigenvalue weighted by Crippen LogP contribution is 2.15. The number of urea groups is 1. The Morgan fingerprint density at radius 2 is 2.21 bits per heavy atom. The van der Waals surface area contributed by atoms with Crippen LogP contribution in [0.4, 0.5) is 4.79 Å². The highest BCUT2D eigenvalue weighted by atomic mass is 32.1. The van der Waals surface area contributed by atoms with E-state index in [1.54, 1.807) is 11.3 Å². The van der Waals surface area contributed by atoms with Crippen LogP contribution >= 0.6 is 11.3 Å². The molecule has 0 spiro atoms. The van der Waals surface area contributed by atoms with Crippen LogP contribution < -0.4 is 5.32 Å². The number of aliphatic hydroxyl groups excluding tert-OH is 1. The van der Waals surface area contributed by atoms with Crippen LogP contribution in [0.5, 0.6) is 0 Å². The second kappa shape index (κ2) is 7.17. The zero-order chi connectivity index (χ0) is 13.5. The summed E-state index contributed by atoms with van der Waals surface area (Å²) >= 11 is 1.58. The number of nitrogens with zero attached hydrogens (tertiary/aromatic N) is 1. The van der Waals surface area contributed by atoms with Crippen LogP contribution in [0.3, 0.4) is 0 Å². The highest BCUT2D eigenvalue weighted by molar-refractivity contribution is 7.12. The Morgan fingerprint density at radius 1 is 1.42 bits per heavy atom. The van der Waals surface area contributed by atoms with Crippen molar-refractivity contribution in [1.82, 2.24) is 10.2 Å². The van der Waals surface area contributed by atoms with E-state index < -0.39 is 0 Å². The topological polar surface area (TPSA) is 52.6 Å². The Morgan fingerprint density at radius 3 is 2.95 bits per heavy atom. The number of hydrogen-bond donors (Lipinski definition) is 2. The molecule has 4 nitrogen and oxygen atoms in total. The number of hydrogen-bond acceptors (Lipinski definition) is 3. The normalized spacial score (nSPS) is 14.1. The van der Waals surface area contributed by atoms with Gasteiger partial charge in [0, 0.05) is 24.4 Å². The first-order chi connectivity index (χ1) is 9.29. The lowest BCUT2D eigenvalue weighted by Crippen LogP contribution is -2.37. The van der Waals surface area contributed by atoms with Gasteiger partial charge in [-0.1, -0.05) is 11.8 Å². The zero-order valence-electron chi connectivity index (χ0n) is 10.8. The van der Waals surface area contributed by atoms with Crippen molar-refractivity contribution >= 4 is 17.4 Å². The van der Waals surface area contributed by atoms with Crippen LogP contribution in [-0.4, -0.2) is 35.7 Å². The third-order valence-electron chi connectivity index (χ3n) is 2.92. The Bertz CT molecular complexity index is 481. The van der Waals surface area contributed by atoms with Crippen molar-refractivity contribution < 1.29 is 9.90 Å². The minimum absolute atomic E-state index is 0.0267. The van der Waals surface area contributed by atoms with Crippen LogP contribution in [-0.2, 0) is 6.54 Å². The second-order valence-electron chi connectivity index (χ2n) is 4.39. The van der Waals surface area contributed by atoms with E-state index in [-0.39, 0.29) is 12.6 Å². The van der Waals surface area contributed by atoms with Crippen LogP contribution in [0.1, 0.15) is 29.0 Å². The molecule has 0 bridgehead atoms. The minimum Gasteiger partial charge on any atom is -0.395 e. The van der Waals surface area contributed by atoms with E-state index in [1.807, 2.05) is 17.0 Å². The van der Waals surface area contributed by atoms with Crippen molar-refractivity contribution in [3.05, 3.63) is 21.9 Å². The van der Waals surface area contributed by atoms with Gasteiger partial charge >= 0.3 is 6.03 Å². The van der Waals surface area contributed by atoms with Gasteiger partial charge in [0.15, 0.2) is 0 Å². The molecule has 1 aliphatic heterocycles. The average Bonchev–Trinajstić information content (AvgIpc) is 3.08. The molecule has 2 rings (SSSR count). The average molecular weight is 278 g/mol. The number of thiophene rings is 1. The van der Waals surface area contributed by atoms with Crippen LogP contribution in [0.15, 0.2) is 12.1 Å². The molecular formula is C14H18N2O2S. The summed E-state index contributed by atoms with van der Waals surface area (Å²) in [6, 6.07) is 3.96. The van der Waals surface area contributed by atoms with Gasteiger partial charge in [-0.3, -0.25) is 0 Å². The summed E-state index contributed by atoms with van der Waals surface area (Å²) in [7, 11) is 0. The van der Waals surface area contributed by atoms with Crippen LogP contribution in [0.25, 0.3) is 0 Å². The molecule has 5 heteroatoms. The standard InChI is InChI=1S/C14H18N2O2S/c17-10-4-1-5-12-6-7-13(19-12)11-15-14(18)16-8-2-3-9-16/h6-7,17H,2-4,8-11H2,(H,15,18). The molecule has 0 radical (unpaired) electrons. The van der Waals surface area contributed by atoms with Gasteiger partial charge in [-0.05, 0) is 25.0 Å². The molecular weight excluding hydrogens is 260 g/mol. The summed E-state index contributed by atoms with van der Waals surface area (Å²) in [5.74, 6) is 5.88. The van der Waals surface area contributed by atoms with Crippen molar-refractivity contribution in [2.75, 3.05) is 19.7 Å². The first-order valence-electron chi connectivity index (χ1n) is 6.51. The number of nitrogens with one attached hydrogen (secondary N) is 1. The maximum Gasteiger partial charge on any atom is 0.317 e. The van der Waals surface area contributed by atoms with E-state index in [4.69, 9.17) is 5.11 Å². The molecule has 102 valence electrons. The Labute approximate surface area is 117 Å². The highest BCUT2D eigenvalue weighted by Gasteiger charge is 2.17. The molecule has 0 unspecified atom stereocenters. The van der Waals surface area contributed by atoms with Gasteiger partial charge in [0.1, 0.15) is 0 Å². The summed E-state index contributed by atoms with van der Waals surface area (Å²) in [5.41, 5.74) is 0. The van der Waals surface area contributed by atoms with E-state index >= 15 is 0 Å². The Balaban J connectivity index is 1.80. The quantitative estimate of drug-likeness (QED) is 0.828. The van der Waals surface area contributed by atoms with Crippen molar-refractivity contribution in [2.24, 2.45) is 0 Å². The monoisotopic (exact) mass is 278 g/mol. The maximum atomic E-state index is 11.8. The van der Waals surface area contributed by atoms with Gasteiger partial charge in [-0.15, -0.1) is 11.3 Å². The lowest BCUT2D eigenvalue weighted by molar-refractivity contribution is 0.208. The largest absolute Gasteiger partial charge is 0.395 e. The predicted molar refractivity (Wildman–Crippen MR) is 75.9 cm³/mol. The predicted octanol–water partition coefficient (Wildman–Crippen LogP) is 1.79. The van der Waals surface area contributed by atoms with Gasteiger partial charge in [-0.2, -0.15) is 0 Å². The summed E-state index contributed by atoms with van der Waals surface area (Å²) in [6.07, 6.45) is 2.72. The zero-order valence-corrected chi connectivity index (χ0v) is 11.6. The Kier molecular flexibility index (Phi) is 5.25. The maximum absolute atomic E-state index is 11.8. The third-order valence-corrected chi connectivity index (χ3v) is 3.92. The SMILES string of the molecule is O=C(NCc1ccc(C#CCCO)s1)N1CCCC1. The van der Waals surface area contributed by atoms with Gasteiger partial charge < -0.3 is 15.3 Å². The summed E-state index contributed by atoms with van der Waals surface area (Å²) in [4.78, 5) is 15.7. The van der Waals surface area contributed by atoms with Crippen molar-refractivity contribution in [3.63, 3.8) is 0 Å². The molecule has 19 heavy (non-hydrogen) atoms. The van der Waals surface area contributed by atoms with Crippen LogP contribution in [0.2, 0.25) is 0 Å². The van der Waals surface area contributed by atoms with E-state index in [9.17, 15) is 4.79 Å². The number of carbonyl (C=O) groups excluding carboxylic acids is 1. The van der Waals surface area contributed by atoms with E-state index in [1.165, 1.54) is 0 Å². The molecule has 0 aromatic carbocycles. The van der Waals surface area contributed by atoms with Crippen molar-refractivity contribution in [3.8, 4) is 11.8 Å². The van der Waals surface area contributed by atoms with Gasteiger partial charge in [0.25, 0.3) is 0 Å². The fourth-order valence-electron chi connectivity index (χ4n) is 1.94. The van der Waals surface area contributed by atoms with Gasteiger partial charge in [0.2, 0.25) is 0 Å². The summed E-state index contributed by atoms with van der Waals surface area (Å²) < 4.78 is 0. The molecule has 2 N–H and O–H groups in total. The van der Waals surface area contributed by atoms with E-state index in [0.717, 1.165) is 35.7 Å². The first kappa shape index (κ1) is 13.9. The molecule has 1 aromatic rings. The smallest absolute Gasteiger partial charge is 0.317 e. The fraction of sp³-hybridized carbons (Fsp3) is 0.500. The molecule has 1 aliphatic rings. The Hall–Kier alpha value is -1.51. The third kappa shape index (κ3) is 4.27. The molecule has 2 amide bonds. The van der Waals surface area contributed by atoms with Crippen molar-refractivity contribution in [2.45, 2.75) is 25.8 Å². The number of rotatable bonds is 3. The number of amides is 2. The van der Waals surface area contributed by atoms with E-state index in [0.29, 0.717) is 13.0 Å². The molecule has 0 saturated carbocycles. The molecule has 1 fully saturated rings. The summed E-state index contributed by atoms with van der Waals surface area (Å²) in [5, 5.41) is 11.6. The second-order valence-corrected chi connectivity index (χ2v) is 5.56. The summed E-state index contributed by atoms with van der Waals surface area (Å²) in [6.45, 7) is 2.39. The lowest BCUT2D eigenvalue weighted by Gasteiger charge is -2.15. The van der Waals surface area contributed by atoms with Gasteiger partial charge in [0.05, 0.1) is 18.0 Å². The van der Waals surface area contributed by atoms with E-state index in [2.05, 4.69) is 17.2 Å². The molecule has 0 aliphatic carbocycles. The minimum atomic E-state index is 0.0267. The molecule has 2 heterocycles. The first-order valence-corrected chi connectivity index (χ1v) is 7.32. The molecule has 0 atom stereocenters. The lowest BCUT2D eigenvalue weighted by atomic mass is 10.4. The van der Waals surface area contributed by atoms with Gasteiger partial charge in [-0.25, -0.2) is 4.79 Å². The number of carbonyl (C=O) groups is 1. The van der Waals surface area contributed by atoms with Crippen molar-refractivity contribution in [1.29, 1.82) is 0 Å². The molecule has 1 saturated heterocycles. The molecule has 1 aromatic heterocycles. The fourth-order valence-corrected chi connectivity index (χ4v) is 2.76. The number of aliphatic hydroxyl groups is 1.